The molecule has 4 rings (SSSR count). The first-order valence-corrected chi connectivity index (χ1v) is 9.47. The van der Waals surface area contributed by atoms with Gasteiger partial charge in [0.25, 0.3) is 0 Å². The van der Waals surface area contributed by atoms with Crippen molar-refractivity contribution in [1.82, 2.24) is 15.0 Å². The average molecular weight is 394 g/mol. The number of ketones is 1. The van der Waals surface area contributed by atoms with E-state index in [9.17, 15) is 9.59 Å². The predicted molar refractivity (Wildman–Crippen MR) is 107 cm³/mol. The number of aryl methyl sites for hydroxylation is 1. The van der Waals surface area contributed by atoms with Crippen LogP contribution in [0.5, 0.6) is 0 Å². The Labute approximate surface area is 167 Å². The molecular weight excluding hydrogens is 372 g/mol. The zero-order chi connectivity index (χ0) is 20.4. The molecule has 0 unspecified atom stereocenters. The highest BCUT2D eigenvalue weighted by molar-refractivity contribution is 6.18. The summed E-state index contributed by atoms with van der Waals surface area (Å²) in [6.07, 6.45) is 3.86. The number of fused-ring (bicyclic) bond motifs is 1. The van der Waals surface area contributed by atoms with Crippen molar-refractivity contribution in [3.63, 3.8) is 0 Å². The van der Waals surface area contributed by atoms with Gasteiger partial charge in [0.1, 0.15) is 17.8 Å². The lowest BCUT2D eigenvalue weighted by Gasteiger charge is -2.28. The Morgan fingerprint density at radius 1 is 1.21 bits per heavy atom. The number of nitrogens with zero attached hydrogens (tertiary/aromatic N) is 2. The molecule has 8 nitrogen and oxygen atoms in total. The summed E-state index contributed by atoms with van der Waals surface area (Å²) in [7, 11) is 1.35. The van der Waals surface area contributed by atoms with Crippen LogP contribution in [0.4, 0.5) is 5.82 Å². The molecule has 2 aromatic heterocycles. The summed E-state index contributed by atoms with van der Waals surface area (Å²) in [5, 5.41) is 4.00. The van der Waals surface area contributed by atoms with E-state index in [0.717, 1.165) is 12.0 Å². The first kappa shape index (κ1) is 19.1. The molecule has 29 heavy (non-hydrogen) atoms. The van der Waals surface area contributed by atoms with Crippen LogP contribution in [0, 0.1) is 6.92 Å². The molecule has 2 N–H and O–H groups in total. The first-order valence-electron chi connectivity index (χ1n) is 9.47. The van der Waals surface area contributed by atoms with Crippen LogP contribution in [-0.4, -0.2) is 52.6 Å². The number of hydrogen-bond donors (Lipinski definition) is 2. The Bertz CT molecular complexity index is 1050. The summed E-state index contributed by atoms with van der Waals surface area (Å²) in [4.78, 5) is 36.5. The van der Waals surface area contributed by atoms with Crippen LogP contribution < -0.4 is 5.32 Å². The third-order valence-electron chi connectivity index (χ3n) is 5.18. The summed E-state index contributed by atoms with van der Waals surface area (Å²) in [5.41, 5.74) is 2.66. The minimum absolute atomic E-state index is 0.0367. The number of ether oxygens (including phenoxy) is 2. The number of H-pyrrole nitrogens is 1. The second kappa shape index (κ2) is 8.00. The van der Waals surface area contributed by atoms with E-state index in [2.05, 4.69) is 20.3 Å². The third-order valence-corrected chi connectivity index (χ3v) is 5.18. The Balaban J connectivity index is 1.60. The highest BCUT2D eigenvalue weighted by Gasteiger charge is 2.29. The van der Waals surface area contributed by atoms with Crippen LogP contribution in [-0.2, 0) is 14.3 Å². The fourth-order valence-electron chi connectivity index (χ4n) is 3.60. The fraction of sp³-hybridized carbons (Fsp3) is 0.333. The highest BCUT2D eigenvalue weighted by atomic mass is 16.6. The van der Waals surface area contributed by atoms with Gasteiger partial charge in [0.2, 0.25) is 0 Å². The quantitative estimate of drug-likeness (QED) is 0.506. The number of nitrogens with one attached hydrogen (secondary N) is 2. The molecule has 0 spiro atoms. The van der Waals surface area contributed by atoms with Crippen molar-refractivity contribution in [2.75, 3.05) is 19.0 Å². The minimum Gasteiger partial charge on any atom is -0.467 e. The van der Waals surface area contributed by atoms with E-state index in [4.69, 9.17) is 9.47 Å². The molecule has 3 aromatic rings. The lowest BCUT2D eigenvalue weighted by Crippen LogP contribution is -2.39. The maximum atomic E-state index is 13.2. The van der Waals surface area contributed by atoms with Crippen molar-refractivity contribution >= 4 is 28.6 Å². The van der Waals surface area contributed by atoms with E-state index < -0.39 is 6.10 Å². The number of carbonyl (C=O) groups is 2. The van der Waals surface area contributed by atoms with Gasteiger partial charge < -0.3 is 19.8 Å². The van der Waals surface area contributed by atoms with E-state index in [1.807, 2.05) is 31.2 Å². The Hall–Kier alpha value is -3.26. The molecule has 0 saturated carbocycles. The van der Waals surface area contributed by atoms with Crippen molar-refractivity contribution in [3.8, 4) is 0 Å². The summed E-state index contributed by atoms with van der Waals surface area (Å²) in [6.45, 7) is 2.26. The smallest absolute Gasteiger partial charge is 0.334 e. The molecule has 0 amide bonds. The minimum atomic E-state index is -0.533. The number of carbonyl (C=O) groups excluding carboxylic acids is 2. The number of benzene rings is 1. The van der Waals surface area contributed by atoms with Gasteiger partial charge >= 0.3 is 5.97 Å². The van der Waals surface area contributed by atoms with Crippen molar-refractivity contribution in [1.29, 1.82) is 0 Å². The molecule has 1 aromatic carbocycles. The maximum absolute atomic E-state index is 13.2. The number of anilines is 1. The molecule has 0 bridgehead atoms. The van der Waals surface area contributed by atoms with E-state index in [0.29, 0.717) is 41.0 Å². The fourth-order valence-corrected chi connectivity index (χ4v) is 3.60. The molecule has 0 radical (unpaired) electrons. The van der Waals surface area contributed by atoms with Gasteiger partial charge in [-0.1, -0.05) is 24.3 Å². The van der Waals surface area contributed by atoms with Crippen molar-refractivity contribution in [3.05, 3.63) is 53.5 Å². The van der Waals surface area contributed by atoms with E-state index in [1.54, 1.807) is 6.20 Å². The van der Waals surface area contributed by atoms with Crippen molar-refractivity contribution in [2.24, 2.45) is 0 Å². The van der Waals surface area contributed by atoms with Crippen LogP contribution in [0.25, 0.3) is 11.0 Å². The van der Waals surface area contributed by atoms with Gasteiger partial charge in [-0.05, 0) is 25.3 Å². The number of rotatable bonds is 5. The number of aromatic nitrogens is 3. The van der Waals surface area contributed by atoms with E-state index in [1.165, 1.54) is 13.4 Å². The highest BCUT2D eigenvalue weighted by Crippen LogP contribution is 2.28. The molecule has 0 aliphatic carbocycles. The normalized spacial score (nSPS) is 19.1. The van der Waals surface area contributed by atoms with Crippen LogP contribution in [0.3, 0.4) is 0 Å². The van der Waals surface area contributed by atoms with Gasteiger partial charge in [0.05, 0.1) is 30.7 Å². The Kier molecular flexibility index (Phi) is 5.26. The zero-order valence-corrected chi connectivity index (χ0v) is 16.3. The molecule has 2 atom stereocenters. The van der Waals surface area contributed by atoms with Crippen molar-refractivity contribution in [2.45, 2.75) is 31.9 Å². The van der Waals surface area contributed by atoms with Gasteiger partial charge in [-0.3, -0.25) is 4.79 Å². The average Bonchev–Trinajstić information content (AvgIpc) is 3.19. The second-order valence-electron chi connectivity index (χ2n) is 7.06. The topological polar surface area (TPSA) is 106 Å². The van der Waals surface area contributed by atoms with Gasteiger partial charge in [-0.2, -0.15) is 0 Å². The molecule has 8 heteroatoms. The lowest BCUT2D eigenvalue weighted by molar-refractivity contribution is -0.157. The zero-order valence-electron chi connectivity index (χ0n) is 16.3. The maximum Gasteiger partial charge on any atom is 0.334 e. The molecule has 1 fully saturated rings. The molecule has 3 heterocycles. The second-order valence-corrected chi connectivity index (χ2v) is 7.06. The van der Waals surface area contributed by atoms with Gasteiger partial charge in [-0.25, -0.2) is 14.8 Å². The van der Waals surface area contributed by atoms with E-state index >= 15 is 0 Å². The first-order chi connectivity index (χ1) is 14.1. The summed E-state index contributed by atoms with van der Waals surface area (Å²) >= 11 is 0. The van der Waals surface area contributed by atoms with Gasteiger partial charge in [0, 0.05) is 11.8 Å². The molecule has 1 aliphatic rings. The van der Waals surface area contributed by atoms with Crippen LogP contribution in [0.2, 0.25) is 0 Å². The van der Waals surface area contributed by atoms with Crippen LogP contribution >= 0.6 is 0 Å². The van der Waals surface area contributed by atoms with E-state index in [-0.39, 0.29) is 17.8 Å². The Morgan fingerprint density at radius 3 is 2.76 bits per heavy atom. The van der Waals surface area contributed by atoms with Gasteiger partial charge in [0.15, 0.2) is 11.9 Å². The standard InChI is InChI=1S/C21H22N4O4/c1-12-5-3-4-6-14(12)18(26)15-9-22-19-17(15)20(24-11-23-19)25-13-7-8-16(29-10-13)21(27)28-2/h3-6,9,11,13,16H,7-8,10H2,1-2H3,(H2,22,23,24,25)/t13-,16+/m1/s1. The number of methoxy groups -OCH3 is 1. The summed E-state index contributed by atoms with van der Waals surface area (Å²) in [6, 6.07) is 7.44. The van der Waals surface area contributed by atoms with Crippen molar-refractivity contribution < 1.29 is 19.1 Å². The third kappa shape index (κ3) is 3.71. The number of esters is 1. The Morgan fingerprint density at radius 2 is 2.03 bits per heavy atom. The number of hydrogen-bond acceptors (Lipinski definition) is 7. The molecule has 1 saturated heterocycles. The largest absolute Gasteiger partial charge is 0.467 e. The van der Waals surface area contributed by atoms with Crippen LogP contribution in [0.15, 0.2) is 36.8 Å². The summed E-state index contributed by atoms with van der Waals surface area (Å²) < 4.78 is 10.4. The van der Waals surface area contributed by atoms with Gasteiger partial charge in [-0.15, -0.1) is 0 Å². The molecular formula is C21H22N4O4. The number of aromatic amines is 1. The molecule has 150 valence electrons. The molecule has 1 aliphatic heterocycles. The lowest BCUT2D eigenvalue weighted by atomic mass is 9.99. The monoisotopic (exact) mass is 394 g/mol. The van der Waals surface area contributed by atoms with Crippen LogP contribution in [0.1, 0.15) is 34.3 Å². The summed E-state index contributed by atoms with van der Waals surface area (Å²) in [5.74, 6) is 0.126. The predicted octanol–water partition coefficient (Wildman–Crippen LogP) is 2.63. The SMILES string of the molecule is COC(=O)[C@@H]1CC[C@@H](Nc2ncnc3[nH]cc(C(=O)c4ccccc4C)c23)CO1.